The molecular formula is C11H12N2O. The Balaban J connectivity index is 2.05. The largest absolute Gasteiger partial charge is 0.458 e. The number of nitrogens with one attached hydrogen (secondary N) is 1. The summed E-state index contributed by atoms with van der Waals surface area (Å²) in [5.74, 6) is 1.05. The Kier molecular flexibility index (Phi) is 1.77. The van der Waals surface area contributed by atoms with Gasteiger partial charge in [0.25, 0.3) is 0 Å². The van der Waals surface area contributed by atoms with Gasteiger partial charge in [-0.25, -0.2) is 0 Å². The van der Waals surface area contributed by atoms with Gasteiger partial charge >= 0.3 is 0 Å². The lowest BCUT2D eigenvalue weighted by atomic mass is 10.2. The normalized spacial score (nSPS) is 21.9. The van der Waals surface area contributed by atoms with Gasteiger partial charge in [-0.15, -0.1) is 0 Å². The predicted octanol–water partition coefficient (Wildman–Crippen LogP) is 2.25. The molecule has 1 aliphatic rings. The zero-order valence-electron chi connectivity index (χ0n) is 7.86. The molecule has 3 heterocycles. The van der Waals surface area contributed by atoms with Crippen LogP contribution in [0.1, 0.15) is 24.6 Å². The molecule has 0 bridgehead atoms. The van der Waals surface area contributed by atoms with Crippen molar-refractivity contribution >= 4 is 11.0 Å². The molecule has 0 spiro atoms. The van der Waals surface area contributed by atoms with Gasteiger partial charge in [-0.1, -0.05) is 0 Å². The highest BCUT2D eigenvalue weighted by Gasteiger charge is 2.19. The predicted molar refractivity (Wildman–Crippen MR) is 54.0 cm³/mol. The third kappa shape index (κ3) is 1.21. The number of aromatic nitrogens is 1. The first-order chi connectivity index (χ1) is 6.93. The van der Waals surface area contributed by atoms with Crippen LogP contribution in [0.3, 0.4) is 0 Å². The number of nitrogens with zero attached hydrogens (tertiary/aromatic N) is 1. The van der Waals surface area contributed by atoms with Crippen LogP contribution >= 0.6 is 0 Å². The second-order valence-corrected chi connectivity index (χ2v) is 3.71. The highest BCUT2D eigenvalue weighted by Crippen LogP contribution is 2.28. The van der Waals surface area contributed by atoms with Crippen LogP contribution in [0.15, 0.2) is 28.9 Å². The Morgan fingerprint density at radius 2 is 2.50 bits per heavy atom. The lowest BCUT2D eigenvalue weighted by Crippen LogP contribution is -2.11. The summed E-state index contributed by atoms with van der Waals surface area (Å²) >= 11 is 0. The quantitative estimate of drug-likeness (QED) is 0.745. The van der Waals surface area contributed by atoms with Gasteiger partial charge in [0, 0.05) is 11.6 Å². The van der Waals surface area contributed by atoms with Gasteiger partial charge in [0.2, 0.25) is 0 Å². The standard InChI is InChI=1S/C11H12N2O/c1-2-9(13-4-1)10-6-8-3-5-12-7-11(8)14-10/h3,5-7,9,13H,1-2,4H2/t9-/m0/s1. The maximum atomic E-state index is 5.73. The van der Waals surface area contributed by atoms with Crippen LogP contribution in [0.5, 0.6) is 0 Å². The number of pyridine rings is 1. The summed E-state index contributed by atoms with van der Waals surface area (Å²) < 4.78 is 5.73. The molecule has 2 aromatic rings. The van der Waals surface area contributed by atoms with Crippen molar-refractivity contribution < 1.29 is 4.42 Å². The second-order valence-electron chi connectivity index (χ2n) is 3.71. The number of rotatable bonds is 1. The van der Waals surface area contributed by atoms with Crippen LogP contribution in [-0.2, 0) is 0 Å². The molecule has 3 rings (SSSR count). The van der Waals surface area contributed by atoms with Crippen molar-refractivity contribution in [3.8, 4) is 0 Å². The maximum Gasteiger partial charge on any atom is 0.152 e. The van der Waals surface area contributed by atoms with E-state index in [0.29, 0.717) is 6.04 Å². The molecule has 0 radical (unpaired) electrons. The van der Waals surface area contributed by atoms with E-state index >= 15 is 0 Å². The van der Waals surface area contributed by atoms with Crippen molar-refractivity contribution in [2.24, 2.45) is 0 Å². The average molecular weight is 188 g/mol. The SMILES string of the molecule is c1cc2cc([C@@H]3CCCN3)oc2cn1. The molecule has 0 saturated carbocycles. The molecule has 0 aromatic carbocycles. The van der Waals surface area contributed by atoms with Crippen molar-refractivity contribution in [1.82, 2.24) is 10.3 Å². The molecule has 0 aliphatic carbocycles. The average Bonchev–Trinajstić information content (AvgIpc) is 2.86. The number of furan rings is 1. The third-order valence-electron chi connectivity index (χ3n) is 2.75. The Labute approximate surface area is 82.1 Å². The van der Waals surface area contributed by atoms with Crippen LogP contribution in [-0.4, -0.2) is 11.5 Å². The molecule has 3 nitrogen and oxygen atoms in total. The third-order valence-corrected chi connectivity index (χ3v) is 2.75. The van der Waals surface area contributed by atoms with E-state index in [-0.39, 0.29) is 0 Å². The lowest BCUT2D eigenvalue weighted by Gasteiger charge is -2.04. The fourth-order valence-corrected chi connectivity index (χ4v) is 2.00. The molecule has 1 aliphatic heterocycles. The topological polar surface area (TPSA) is 38.1 Å². The van der Waals surface area contributed by atoms with Crippen molar-refractivity contribution in [2.75, 3.05) is 6.54 Å². The van der Waals surface area contributed by atoms with Gasteiger partial charge in [-0.05, 0) is 31.5 Å². The van der Waals surface area contributed by atoms with Gasteiger partial charge in [0.15, 0.2) is 5.58 Å². The lowest BCUT2D eigenvalue weighted by molar-refractivity contribution is 0.470. The smallest absolute Gasteiger partial charge is 0.152 e. The van der Waals surface area contributed by atoms with Crippen molar-refractivity contribution in [3.05, 3.63) is 30.3 Å². The Bertz CT molecular complexity index is 410. The van der Waals surface area contributed by atoms with Gasteiger partial charge in [0.1, 0.15) is 5.76 Å². The fraction of sp³-hybridized carbons (Fsp3) is 0.364. The van der Waals surface area contributed by atoms with Gasteiger partial charge in [0.05, 0.1) is 12.2 Å². The number of hydrogen-bond donors (Lipinski definition) is 1. The summed E-state index contributed by atoms with van der Waals surface area (Å²) in [6.07, 6.45) is 5.98. The zero-order valence-corrected chi connectivity index (χ0v) is 7.86. The molecule has 1 saturated heterocycles. The molecular weight excluding hydrogens is 176 g/mol. The van der Waals surface area contributed by atoms with Crippen LogP contribution in [0.25, 0.3) is 11.0 Å². The van der Waals surface area contributed by atoms with E-state index in [1.54, 1.807) is 12.4 Å². The van der Waals surface area contributed by atoms with Gasteiger partial charge in [-0.3, -0.25) is 4.98 Å². The van der Waals surface area contributed by atoms with Crippen molar-refractivity contribution in [1.29, 1.82) is 0 Å². The molecule has 3 heteroatoms. The van der Waals surface area contributed by atoms with E-state index in [1.807, 2.05) is 6.07 Å². The Hall–Kier alpha value is -1.35. The first-order valence-corrected chi connectivity index (χ1v) is 5.00. The summed E-state index contributed by atoms with van der Waals surface area (Å²) in [7, 11) is 0. The van der Waals surface area contributed by atoms with Gasteiger partial charge in [-0.2, -0.15) is 0 Å². The van der Waals surface area contributed by atoms with E-state index in [9.17, 15) is 0 Å². The van der Waals surface area contributed by atoms with Crippen LogP contribution in [0, 0.1) is 0 Å². The van der Waals surface area contributed by atoms with E-state index < -0.39 is 0 Å². The highest BCUT2D eigenvalue weighted by atomic mass is 16.3. The fourth-order valence-electron chi connectivity index (χ4n) is 2.00. The molecule has 0 unspecified atom stereocenters. The molecule has 2 aromatic heterocycles. The van der Waals surface area contributed by atoms with E-state index in [2.05, 4.69) is 16.4 Å². The monoisotopic (exact) mass is 188 g/mol. The minimum absolute atomic E-state index is 0.405. The first kappa shape index (κ1) is 8.00. The summed E-state index contributed by atoms with van der Waals surface area (Å²) in [4.78, 5) is 4.04. The molecule has 72 valence electrons. The van der Waals surface area contributed by atoms with Gasteiger partial charge < -0.3 is 9.73 Å². The number of hydrogen-bond acceptors (Lipinski definition) is 3. The van der Waals surface area contributed by atoms with Crippen LogP contribution in [0.2, 0.25) is 0 Å². The molecule has 1 fully saturated rings. The summed E-state index contributed by atoms with van der Waals surface area (Å²) in [6, 6.07) is 4.50. The zero-order chi connectivity index (χ0) is 9.38. The highest BCUT2D eigenvalue weighted by molar-refractivity contribution is 5.76. The van der Waals surface area contributed by atoms with Crippen molar-refractivity contribution in [3.63, 3.8) is 0 Å². The van der Waals surface area contributed by atoms with Crippen molar-refractivity contribution in [2.45, 2.75) is 18.9 Å². The minimum Gasteiger partial charge on any atom is -0.458 e. The Morgan fingerprint density at radius 3 is 3.29 bits per heavy atom. The second kappa shape index (κ2) is 3.10. The molecule has 14 heavy (non-hydrogen) atoms. The van der Waals surface area contributed by atoms with E-state index in [1.165, 1.54) is 12.8 Å². The van der Waals surface area contributed by atoms with Crippen LogP contribution in [0.4, 0.5) is 0 Å². The maximum absolute atomic E-state index is 5.73. The summed E-state index contributed by atoms with van der Waals surface area (Å²) in [5, 5.41) is 4.56. The summed E-state index contributed by atoms with van der Waals surface area (Å²) in [6.45, 7) is 1.10. The summed E-state index contributed by atoms with van der Waals surface area (Å²) in [5.41, 5.74) is 0.885. The molecule has 1 N–H and O–H groups in total. The van der Waals surface area contributed by atoms with Crippen LogP contribution < -0.4 is 5.32 Å². The Morgan fingerprint density at radius 1 is 1.50 bits per heavy atom. The van der Waals surface area contributed by atoms with E-state index in [4.69, 9.17) is 4.42 Å². The van der Waals surface area contributed by atoms with E-state index in [0.717, 1.165) is 23.3 Å². The molecule has 0 amide bonds. The minimum atomic E-state index is 0.405. The first-order valence-electron chi connectivity index (χ1n) is 5.00. The molecule has 1 atom stereocenters. The number of fused-ring (bicyclic) bond motifs is 1.